The van der Waals surface area contributed by atoms with Crippen molar-refractivity contribution in [1.82, 2.24) is 0 Å². The van der Waals surface area contributed by atoms with Crippen molar-refractivity contribution >= 4 is 21.6 Å². The van der Waals surface area contributed by atoms with Gasteiger partial charge in [-0.25, -0.2) is 4.39 Å². The third kappa shape index (κ3) is 5.77. The summed E-state index contributed by atoms with van der Waals surface area (Å²) in [6.07, 6.45) is 0. The number of para-hydroxylation sites is 2. The van der Waals surface area contributed by atoms with Crippen LogP contribution in [0.2, 0.25) is 0 Å². The lowest BCUT2D eigenvalue weighted by Gasteiger charge is -2.08. The van der Waals surface area contributed by atoms with Gasteiger partial charge in [0.2, 0.25) is 0 Å². The molecular formula is C21H21BrFNO2. The van der Waals surface area contributed by atoms with Crippen LogP contribution in [-0.2, 0) is 6.61 Å². The molecular weight excluding hydrogens is 397 g/mol. The van der Waals surface area contributed by atoms with Crippen molar-refractivity contribution in [2.75, 3.05) is 12.8 Å². The maximum atomic E-state index is 12.8. The maximum absolute atomic E-state index is 12.8. The first-order valence-corrected chi connectivity index (χ1v) is 8.81. The molecule has 0 saturated heterocycles. The third-order valence-electron chi connectivity index (χ3n) is 3.59. The highest BCUT2D eigenvalue weighted by atomic mass is 79.9. The topological polar surface area (TPSA) is 44.5 Å². The Bertz CT molecular complexity index is 841. The minimum absolute atomic E-state index is 0.261. The van der Waals surface area contributed by atoms with Crippen molar-refractivity contribution < 1.29 is 13.9 Å². The van der Waals surface area contributed by atoms with E-state index in [0.29, 0.717) is 22.5 Å². The van der Waals surface area contributed by atoms with Gasteiger partial charge >= 0.3 is 0 Å². The van der Waals surface area contributed by atoms with Crippen LogP contribution >= 0.6 is 15.9 Å². The Morgan fingerprint density at radius 2 is 1.62 bits per heavy atom. The number of nitrogen functional groups attached to an aromatic ring is 1. The fourth-order valence-corrected chi connectivity index (χ4v) is 2.52. The molecule has 3 rings (SSSR count). The first-order valence-electron chi connectivity index (χ1n) is 8.02. The molecule has 0 fully saturated rings. The van der Waals surface area contributed by atoms with Gasteiger partial charge in [0.15, 0.2) is 0 Å². The van der Waals surface area contributed by atoms with E-state index in [2.05, 4.69) is 15.9 Å². The first kappa shape index (κ1) is 19.8. The summed E-state index contributed by atoms with van der Waals surface area (Å²) in [6.45, 7) is 2.35. The summed E-state index contributed by atoms with van der Waals surface area (Å²) in [4.78, 5) is 0. The number of anilines is 1. The molecule has 0 aliphatic heterocycles. The predicted molar refractivity (Wildman–Crippen MR) is 107 cm³/mol. The molecule has 0 spiro atoms. The fourth-order valence-electron chi connectivity index (χ4n) is 2.20. The third-order valence-corrected chi connectivity index (χ3v) is 4.20. The molecule has 26 heavy (non-hydrogen) atoms. The molecule has 0 radical (unpaired) electrons. The summed E-state index contributed by atoms with van der Waals surface area (Å²) in [6, 6.07) is 20.6. The van der Waals surface area contributed by atoms with Gasteiger partial charge < -0.3 is 15.2 Å². The van der Waals surface area contributed by atoms with E-state index < -0.39 is 0 Å². The lowest BCUT2D eigenvalue weighted by Crippen LogP contribution is -1.97. The molecule has 0 aromatic heterocycles. The van der Waals surface area contributed by atoms with E-state index in [1.54, 1.807) is 20.1 Å². The Morgan fingerprint density at radius 3 is 2.27 bits per heavy atom. The monoisotopic (exact) mass is 417 g/mol. The number of aryl methyl sites for hydroxylation is 1. The van der Waals surface area contributed by atoms with Crippen LogP contribution < -0.4 is 15.2 Å². The summed E-state index contributed by atoms with van der Waals surface area (Å²) < 4.78 is 23.8. The van der Waals surface area contributed by atoms with E-state index in [1.807, 2.05) is 54.6 Å². The zero-order valence-electron chi connectivity index (χ0n) is 14.7. The van der Waals surface area contributed by atoms with Crippen molar-refractivity contribution in [3.05, 3.63) is 88.1 Å². The molecule has 3 nitrogen and oxygen atoms in total. The van der Waals surface area contributed by atoms with E-state index in [4.69, 9.17) is 15.2 Å². The van der Waals surface area contributed by atoms with Gasteiger partial charge in [-0.1, -0.05) is 42.5 Å². The van der Waals surface area contributed by atoms with Gasteiger partial charge in [0.1, 0.15) is 23.9 Å². The smallest absolute Gasteiger partial charge is 0.142 e. The molecule has 0 aliphatic carbocycles. The van der Waals surface area contributed by atoms with Crippen LogP contribution in [0.5, 0.6) is 11.5 Å². The predicted octanol–water partition coefficient (Wildman–Crippen LogP) is 5.75. The molecule has 3 aromatic carbocycles. The maximum Gasteiger partial charge on any atom is 0.142 e. The molecule has 0 unspecified atom stereocenters. The number of hydrogen-bond acceptors (Lipinski definition) is 3. The summed E-state index contributed by atoms with van der Waals surface area (Å²) >= 11 is 3.07. The lowest BCUT2D eigenvalue weighted by molar-refractivity contribution is 0.308. The lowest BCUT2D eigenvalue weighted by atomic mass is 10.2. The Morgan fingerprint density at radius 1 is 0.962 bits per heavy atom. The van der Waals surface area contributed by atoms with E-state index in [9.17, 15) is 4.39 Å². The zero-order chi connectivity index (χ0) is 18.9. The standard InChI is InChI=1S/C13H13NO.C8H8BrFO/c14-12-8-4-5-9-13(12)15-10-11-6-2-1-3-7-11;1-5-3-7(10)6(9)4-8(5)11-2/h1-9H,10,14H2;3-4H,1-2H3. The Hall–Kier alpha value is -2.53. The van der Waals surface area contributed by atoms with Gasteiger partial charge in [0.05, 0.1) is 17.3 Å². The number of hydrogen-bond donors (Lipinski definition) is 1. The molecule has 2 N–H and O–H groups in total. The second-order valence-electron chi connectivity index (χ2n) is 5.55. The van der Waals surface area contributed by atoms with Crippen molar-refractivity contribution in [2.24, 2.45) is 0 Å². The number of methoxy groups -OCH3 is 1. The van der Waals surface area contributed by atoms with Crippen LogP contribution in [0.25, 0.3) is 0 Å². The van der Waals surface area contributed by atoms with E-state index in [-0.39, 0.29) is 5.82 Å². The number of rotatable bonds is 4. The molecule has 0 saturated carbocycles. The van der Waals surface area contributed by atoms with Gasteiger partial charge in [-0.05, 0) is 58.2 Å². The summed E-state index contributed by atoms with van der Waals surface area (Å²) in [5.41, 5.74) is 8.37. The Kier molecular flexibility index (Phi) is 7.48. The highest BCUT2D eigenvalue weighted by molar-refractivity contribution is 9.10. The van der Waals surface area contributed by atoms with E-state index in [1.165, 1.54) is 6.07 Å². The van der Waals surface area contributed by atoms with Crippen LogP contribution in [0, 0.1) is 12.7 Å². The van der Waals surface area contributed by atoms with E-state index in [0.717, 1.165) is 16.9 Å². The summed E-state index contributed by atoms with van der Waals surface area (Å²) in [7, 11) is 1.56. The molecule has 5 heteroatoms. The van der Waals surface area contributed by atoms with Gasteiger partial charge in [-0.3, -0.25) is 0 Å². The Labute approximate surface area is 161 Å². The van der Waals surface area contributed by atoms with Crippen molar-refractivity contribution in [3.8, 4) is 11.5 Å². The molecule has 3 aromatic rings. The second kappa shape index (κ2) is 9.82. The number of benzene rings is 3. The summed E-state index contributed by atoms with van der Waals surface area (Å²) in [5, 5.41) is 0. The van der Waals surface area contributed by atoms with Gasteiger partial charge in [0, 0.05) is 0 Å². The molecule has 136 valence electrons. The number of nitrogens with two attached hydrogens (primary N) is 1. The minimum Gasteiger partial charge on any atom is -0.496 e. The largest absolute Gasteiger partial charge is 0.496 e. The molecule has 0 aliphatic rings. The van der Waals surface area contributed by atoms with Gasteiger partial charge in [-0.15, -0.1) is 0 Å². The highest BCUT2D eigenvalue weighted by Gasteiger charge is 2.04. The van der Waals surface area contributed by atoms with Gasteiger partial charge in [0.25, 0.3) is 0 Å². The van der Waals surface area contributed by atoms with Crippen molar-refractivity contribution in [3.63, 3.8) is 0 Å². The average molecular weight is 418 g/mol. The molecule has 0 atom stereocenters. The normalized spacial score (nSPS) is 9.85. The SMILES string of the molecule is COc1cc(Br)c(F)cc1C.Nc1ccccc1OCc1ccccc1. The highest BCUT2D eigenvalue weighted by Crippen LogP contribution is 2.25. The number of ether oxygens (including phenoxy) is 2. The number of halogens is 2. The van der Waals surface area contributed by atoms with Crippen molar-refractivity contribution in [1.29, 1.82) is 0 Å². The minimum atomic E-state index is -0.261. The van der Waals surface area contributed by atoms with Crippen molar-refractivity contribution in [2.45, 2.75) is 13.5 Å². The van der Waals surface area contributed by atoms with Gasteiger partial charge in [-0.2, -0.15) is 0 Å². The second-order valence-corrected chi connectivity index (χ2v) is 6.40. The van der Waals surface area contributed by atoms with Crippen LogP contribution in [0.4, 0.5) is 10.1 Å². The van der Waals surface area contributed by atoms with Crippen LogP contribution in [0.3, 0.4) is 0 Å². The van der Waals surface area contributed by atoms with Crippen LogP contribution in [-0.4, -0.2) is 7.11 Å². The van der Waals surface area contributed by atoms with Crippen LogP contribution in [0.1, 0.15) is 11.1 Å². The zero-order valence-corrected chi connectivity index (χ0v) is 16.3. The first-order chi connectivity index (χ1) is 12.5. The quantitative estimate of drug-likeness (QED) is 0.549. The average Bonchev–Trinajstić information content (AvgIpc) is 2.65. The Balaban J connectivity index is 0.000000197. The fraction of sp³-hybridized carbons (Fsp3) is 0.143. The summed E-state index contributed by atoms with van der Waals surface area (Å²) in [5.74, 6) is 1.17. The molecule has 0 heterocycles. The molecule has 0 amide bonds. The van der Waals surface area contributed by atoms with Crippen LogP contribution in [0.15, 0.2) is 71.2 Å². The van der Waals surface area contributed by atoms with E-state index >= 15 is 0 Å². The molecule has 0 bridgehead atoms.